The Morgan fingerprint density at radius 2 is 1.18 bits per heavy atom. The third kappa shape index (κ3) is 36.2. The van der Waals surface area contributed by atoms with Gasteiger partial charge in [0.2, 0.25) is 11.8 Å². The van der Waals surface area contributed by atoms with Gasteiger partial charge in [0.1, 0.15) is 48.0 Å². The molecule has 23 heteroatoms. The number of unbranched alkanes of at least 4 members (excludes halogenated alkanes) is 5. The van der Waals surface area contributed by atoms with E-state index in [1.807, 2.05) is 24.3 Å². The number of pyridine rings is 1. The second-order valence-corrected chi connectivity index (χ2v) is 27.5. The summed E-state index contributed by atoms with van der Waals surface area (Å²) < 4.78 is 54.9. The minimum Gasteiger partial charge on any atom is -0.465 e. The lowest BCUT2D eigenvalue weighted by Gasteiger charge is -2.48. The fraction of sp³-hybridized carbons (Fsp3) is 0.564. The van der Waals surface area contributed by atoms with Crippen molar-refractivity contribution < 1.29 is 76.2 Å². The molecular formula is C78H113N5O16S2. The molecule has 21 nitrogen and oxygen atoms in total. The Kier molecular flexibility index (Phi) is 46.0. The van der Waals surface area contributed by atoms with Crippen molar-refractivity contribution in [2.45, 2.75) is 182 Å². The number of piperidine rings is 1. The normalized spacial score (nSPS) is 16.1. The van der Waals surface area contributed by atoms with Crippen molar-refractivity contribution in [2.75, 3.05) is 97.1 Å². The van der Waals surface area contributed by atoms with Crippen LogP contribution in [0.1, 0.15) is 182 Å². The smallest absolute Gasteiger partial charge is 0.347 e. The summed E-state index contributed by atoms with van der Waals surface area (Å²) in [5.41, 5.74) is -1.52. The van der Waals surface area contributed by atoms with Crippen molar-refractivity contribution in [1.29, 1.82) is 0 Å². The van der Waals surface area contributed by atoms with Crippen molar-refractivity contribution in [3.05, 3.63) is 151 Å². The zero-order valence-corrected chi connectivity index (χ0v) is 62.4. The Labute approximate surface area is 608 Å². The number of para-hydroxylation sites is 2. The fourth-order valence-corrected chi connectivity index (χ4v) is 11.9. The third-order valence-corrected chi connectivity index (χ3v) is 18.2. The average molecular weight is 1440 g/mol. The van der Waals surface area contributed by atoms with Crippen LogP contribution in [0, 0.1) is 5.41 Å². The van der Waals surface area contributed by atoms with Crippen LogP contribution in [0.5, 0.6) is 11.5 Å². The van der Waals surface area contributed by atoms with Crippen LogP contribution in [0.3, 0.4) is 0 Å². The van der Waals surface area contributed by atoms with Crippen LogP contribution >= 0.6 is 21.6 Å². The van der Waals surface area contributed by atoms with Crippen molar-refractivity contribution in [2.24, 2.45) is 5.41 Å². The summed E-state index contributed by atoms with van der Waals surface area (Å²) in [4.78, 5) is 100. The molecule has 0 saturated carbocycles. The van der Waals surface area contributed by atoms with Gasteiger partial charge in [-0.3, -0.25) is 29.1 Å². The van der Waals surface area contributed by atoms with Gasteiger partial charge in [-0.1, -0.05) is 181 Å². The van der Waals surface area contributed by atoms with Gasteiger partial charge in [-0.2, -0.15) is 0 Å². The van der Waals surface area contributed by atoms with Crippen LogP contribution in [0.25, 0.3) is 0 Å². The van der Waals surface area contributed by atoms with Crippen LogP contribution in [0.2, 0.25) is 0 Å². The molecule has 1 fully saturated rings. The lowest BCUT2D eigenvalue weighted by atomic mass is 9.86. The lowest BCUT2D eigenvalue weighted by molar-refractivity contribution is -0.203. The maximum atomic E-state index is 14.2. The molecule has 1 aliphatic rings. The van der Waals surface area contributed by atoms with Crippen LogP contribution in [0.15, 0.2) is 134 Å². The van der Waals surface area contributed by atoms with Crippen LogP contribution in [-0.4, -0.2) is 179 Å². The first-order chi connectivity index (χ1) is 49.2. The molecule has 558 valence electrons. The van der Waals surface area contributed by atoms with E-state index >= 15 is 0 Å². The highest BCUT2D eigenvalue weighted by molar-refractivity contribution is 8.76. The summed E-state index contributed by atoms with van der Waals surface area (Å²) in [5.74, 6) is -3.74. The molecule has 3 amide bonds. The number of hydrogen-bond donors (Lipinski definition) is 3. The summed E-state index contributed by atoms with van der Waals surface area (Å²) >= 11 is 0. The molecule has 1 aliphatic heterocycles. The molecule has 1 saturated heterocycles. The average Bonchev–Trinajstić information content (AvgIpc) is 0.801. The summed E-state index contributed by atoms with van der Waals surface area (Å²) in [5, 5.41) is 8.50. The predicted molar refractivity (Wildman–Crippen MR) is 399 cm³/mol. The highest BCUT2D eigenvalue weighted by atomic mass is 33.1. The van der Waals surface area contributed by atoms with Gasteiger partial charge in [-0.25, -0.2) is 14.4 Å². The topological polar surface area (TPSA) is 255 Å². The largest absolute Gasteiger partial charge is 0.465 e. The Morgan fingerprint density at radius 3 is 1.82 bits per heavy atom. The Balaban J connectivity index is 1.27. The van der Waals surface area contributed by atoms with E-state index in [2.05, 4.69) is 96.9 Å². The SMILES string of the molecule is CC/C=C\C/C=C\C/C=C\C/C=C/C=C/CCCC(=O)OCC(C)(C)[C@@H](OC(=O)c1ccccc1OC(=O)c1ccccc1OC(=O)c1cccnc1)C(=O)NCCC(=O)NCCSSCCNC(=O)COCCN1CC(OCCCC)[C@@H](OCCCC)[C@H](OCCCC)C1COCCCC. The highest BCUT2D eigenvalue weighted by Gasteiger charge is 2.46. The van der Waals surface area contributed by atoms with E-state index in [1.165, 1.54) is 65.7 Å². The number of likely N-dealkylation sites (tertiary alicyclic amines) is 1. The fourth-order valence-electron chi connectivity index (χ4n) is 10.1. The summed E-state index contributed by atoms with van der Waals surface area (Å²) in [6.07, 6.45) is 34.1. The third-order valence-electron chi connectivity index (χ3n) is 15.8. The first-order valence-corrected chi connectivity index (χ1v) is 38.6. The Hall–Kier alpha value is -6.96. The standard InChI is InChI=1S/C78H113N5O16S2/c1-8-13-18-19-20-21-22-23-24-25-26-27-28-29-30-31-42-70(86)96-60-78(6,7)73(99-77(90)63-39-33-35-41-66(63)98-76(89)62-38-32-34-40-65(62)97-75(88)61-37-36-44-79-56-61)74(87)82-45-43-68(84)80-46-54-100-101-55-47-81-69(85)59-92-53-48-83-57-67(93-50-15-10-3)72(95-52-17-12-5)71(94-51-16-11-4)64(83)58-91-49-14-9-2/h13,18,20-21,23-24,26-29,32-41,44,56,64,67,71-73H,8-12,14-17,19,22,25,30-31,42-43,45-55,57-60H2,1-7H3,(H,80,84)(H,81,85)(H,82,87)/b18-13-,21-20-,24-23-,27-26+,29-28+/t64?,67?,71-,72-,73+/m1/s1. The van der Waals surface area contributed by atoms with Gasteiger partial charge in [0.05, 0.1) is 30.9 Å². The predicted octanol–water partition coefficient (Wildman–Crippen LogP) is 13.3. The second-order valence-electron chi connectivity index (χ2n) is 24.8. The molecule has 3 aromatic rings. The van der Waals surface area contributed by atoms with E-state index in [0.717, 1.165) is 77.0 Å². The molecular weight excluding hydrogens is 1330 g/mol. The number of carbonyl (C=O) groups excluding carboxylic acids is 7. The van der Waals surface area contributed by atoms with E-state index < -0.39 is 41.3 Å². The molecule has 2 heterocycles. The number of carbonyl (C=O) groups is 7. The quantitative estimate of drug-likeness (QED) is 0.0119. The minimum absolute atomic E-state index is 0.0725. The number of rotatable bonds is 54. The number of nitrogens with zero attached hydrogens (tertiary/aromatic N) is 2. The van der Waals surface area contributed by atoms with Gasteiger partial charge >= 0.3 is 23.9 Å². The van der Waals surface area contributed by atoms with Gasteiger partial charge < -0.3 is 58.6 Å². The van der Waals surface area contributed by atoms with Crippen molar-refractivity contribution in [1.82, 2.24) is 25.8 Å². The molecule has 101 heavy (non-hydrogen) atoms. The van der Waals surface area contributed by atoms with E-state index in [0.29, 0.717) is 90.2 Å². The first-order valence-electron chi connectivity index (χ1n) is 36.1. The zero-order chi connectivity index (χ0) is 73.0. The van der Waals surface area contributed by atoms with Gasteiger partial charge in [0.25, 0.3) is 5.91 Å². The maximum Gasteiger partial charge on any atom is 0.347 e. The molecule has 0 spiro atoms. The second kappa shape index (κ2) is 53.8. The summed E-state index contributed by atoms with van der Waals surface area (Å²) in [7, 11) is 3.09. The number of allylic oxidation sites excluding steroid dienone is 10. The van der Waals surface area contributed by atoms with Gasteiger partial charge in [-0.05, 0) is 101 Å². The van der Waals surface area contributed by atoms with Crippen LogP contribution < -0.4 is 25.4 Å². The van der Waals surface area contributed by atoms with Crippen molar-refractivity contribution in [3.63, 3.8) is 0 Å². The van der Waals surface area contributed by atoms with E-state index in [-0.39, 0.29) is 97.0 Å². The van der Waals surface area contributed by atoms with Crippen LogP contribution in [0.4, 0.5) is 0 Å². The summed E-state index contributed by atoms with van der Waals surface area (Å²) in [6.45, 7) is 18.8. The molecule has 4 rings (SSSR count). The van der Waals surface area contributed by atoms with E-state index in [1.54, 1.807) is 42.8 Å². The number of amides is 3. The molecule has 0 radical (unpaired) electrons. The Morgan fingerprint density at radius 1 is 0.594 bits per heavy atom. The number of nitrogens with one attached hydrogen (secondary N) is 3. The highest BCUT2D eigenvalue weighted by Crippen LogP contribution is 2.31. The summed E-state index contributed by atoms with van der Waals surface area (Å²) in [6, 6.07) is 14.7. The maximum absolute atomic E-state index is 14.2. The van der Waals surface area contributed by atoms with Crippen LogP contribution in [-0.2, 0) is 52.3 Å². The lowest BCUT2D eigenvalue weighted by Crippen LogP contribution is -2.65. The number of aromatic nitrogens is 1. The monoisotopic (exact) mass is 1440 g/mol. The minimum atomic E-state index is -1.59. The number of hydrogen-bond acceptors (Lipinski definition) is 20. The number of benzene rings is 2. The molecule has 0 bridgehead atoms. The van der Waals surface area contributed by atoms with E-state index in [4.69, 9.17) is 42.6 Å². The first kappa shape index (κ1) is 86.4. The Bertz CT molecular complexity index is 3020. The molecule has 1 aromatic heterocycles. The van der Waals surface area contributed by atoms with Gasteiger partial charge in [0.15, 0.2) is 6.10 Å². The molecule has 0 aliphatic carbocycles. The number of esters is 4. The van der Waals surface area contributed by atoms with Crippen molar-refractivity contribution in [3.8, 4) is 11.5 Å². The molecule has 2 unspecified atom stereocenters. The zero-order valence-electron chi connectivity index (χ0n) is 60.8. The molecule has 3 N–H and O–H groups in total. The van der Waals surface area contributed by atoms with Gasteiger partial charge in [0, 0.05) is 101 Å². The number of ether oxygens (including phenoxy) is 9. The van der Waals surface area contributed by atoms with Crippen molar-refractivity contribution >= 4 is 63.2 Å². The molecule has 5 atom stereocenters. The van der Waals surface area contributed by atoms with Gasteiger partial charge in [-0.15, -0.1) is 0 Å². The van der Waals surface area contributed by atoms with E-state index in [9.17, 15) is 33.6 Å². The molecule has 2 aromatic carbocycles.